The second kappa shape index (κ2) is 10.8. The zero-order chi connectivity index (χ0) is 15.8. The number of guanidine groups is 1. The highest BCUT2D eigenvalue weighted by atomic mass is 127. The van der Waals surface area contributed by atoms with E-state index in [9.17, 15) is 5.11 Å². The fourth-order valence-corrected chi connectivity index (χ4v) is 2.58. The Morgan fingerprint density at radius 2 is 2.09 bits per heavy atom. The van der Waals surface area contributed by atoms with Crippen LogP contribution in [0.25, 0.3) is 0 Å². The van der Waals surface area contributed by atoms with Gasteiger partial charge in [-0.3, -0.25) is 0 Å². The maximum atomic E-state index is 9.70. The van der Waals surface area contributed by atoms with Crippen molar-refractivity contribution in [2.24, 2.45) is 4.99 Å². The molecule has 1 saturated heterocycles. The number of aliphatic hydroxyl groups excluding tert-OH is 1. The quantitative estimate of drug-likeness (QED) is 0.411. The third-order valence-corrected chi connectivity index (χ3v) is 3.78. The molecule has 1 fully saturated rings. The van der Waals surface area contributed by atoms with Crippen LogP contribution >= 0.6 is 24.0 Å². The van der Waals surface area contributed by atoms with Crippen molar-refractivity contribution >= 4 is 29.9 Å². The lowest BCUT2D eigenvalue weighted by Crippen LogP contribution is -2.40. The molecule has 0 aliphatic carbocycles. The first-order chi connectivity index (χ1) is 10.7. The van der Waals surface area contributed by atoms with Gasteiger partial charge in [0.2, 0.25) is 0 Å². The molecule has 0 amide bonds. The molecule has 1 heterocycles. The SMILES string of the molecule is CCNC(=NCc1ccccc1COCC)N1CC[C@@H](O)C1.I. The van der Waals surface area contributed by atoms with Crippen molar-refractivity contribution in [1.82, 2.24) is 10.2 Å². The van der Waals surface area contributed by atoms with E-state index in [1.165, 1.54) is 11.1 Å². The van der Waals surface area contributed by atoms with Crippen LogP contribution in [-0.2, 0) is 17.9 Å². The summed E-state index contributed by atoms with van der Waals surface area (Å²) in [7, 11) is 0. The van der Waals surface area contributed by atoms with Gasteiger partial charge in [-0.05, 0) is 31.4 Å². The van der Waals surface area contributed by atoms with Gasteiger partial charge in [0.1, 0.15) is 0 Å². The van der Waals surface area contributed by atoms with E-state index in [0.717, 1.165) is 25.5 Å². The minimum absolute atomic E-state index is 0. The molecule has 0 aromatic heterocycles. The van der Waals surface area contributed by atoms with E-state index < -0.39 is 0 Å². The summed E-state index contributed by atoms with van der Waals surface area (Å²) in [6, 6.07) is 8.25. The maximum absolute atomic E-state index is 9.70. The van der Waals surface area contributed by atoms with Crippen LogP contribution in [0.15, 0.2) is 29.3 Å². The minimum Gasteiger partial charge on any atom is -0.391 e. The van der Waals surface area contributed by atoms with E-state index in [1.807, 2.05) is 19.1 Å². The number of aliphatic hydroxyl groups is 1. The van der Waals surface area contributed by atoms with E-state index in [-0.39, 0.29) is 30.1 Å². The molecule has 2 N–H and O–H groups in total. The summed E-state index contributed by atoms with van der Waals surface area (Å²) < 4.78 is 5.52. The van der Waals surface area contributed by atoms with Crippen LogP contribution in [0.3, 0.4) is 0 Å². The van der Waals surface area contributed by atoms with Crippen LogP contribution < -0.4 is 5.32 Å². The summed E-state index contributed by atoms with van der Waals surface area (Å²) in [6.45, 7) is 8.37. The van der Waals surface area contributed by atoms with Crippen molar-refractivity contribution in [3.63, 3.8) is 0 Å². The highest BCUT2D eigenvalue weighted by molar-refractivity contribution is 14.0. The van der Waals surface area contributed by atoms with Crippen molar-refractivity contribution in [2.75, 3.05) is 26.2 Å². The molecule has 23 heavy (non-hydrogen) atoms. The number of nitrogens with zero attached hydrogens (tertiary/aromatic N) is 2. The van der Waals surface area contributed by atoms with Crippen LogP contribution in [0.2, 0.25) is 0 Å². The van der Waals surface area contributed by atoms with Gasteiger partial charge in [0.05, 0.1) is 19.3 Å². The van der Waals surface area contributed by atoms with Crippen LogP contribution in [0.5, 0.6) is 0 Å². The number of hydrogen-bond donors (Lipinski definition) is 2. The molecular weight excluding hydrogens is 405 g/mol. The Morgan fingerprint density at radius 3 is 2.70 bits per heavy atom. The topological polar surface area (TPSA) is 57.1 Å². The first kappa shape index (κ1) is 20.2. The minimum atomic E-state index is -0.242. The van der Waals surface area contributed by atoms with Gasteiger partial charge >= 0.3 is 0 Å². The smallest absolute Gasteiger partial charge is 0.194 e. The van der Waals surface area contributed by atoms with Crippen molar-refractivity contribution < 1.29 is 9.84 Å². The van der Waals surface area contributed by atoms with Crippen molar-refractivity contribution in [2.45, 2.75) is 39.5 Å². The molecule has 0 saturated carbocycles. The van der Waals surface area contributed by atoms with Crippen molar-refractivity contribution in [3.05, 3.63) is 35.4 Å². The van der Waals surface area contributed by atoms with Gasteiger partial charge in [0.15, 0.2) is 5.96 Å². The average Bonchev–Trinajstić information content (AvgIpc) is 2.96. The predicted molar refractivity (Wildman–Crippen MR) is 104 cm³/mol. The van der Waals surface area contributed by atoms with Crippen molar-refractivity contribution in [1.29, 1.82) is 0 Å². The number of hydrogen-bond acceptors (Lipinski definition) is 3. The van der Waals surface area contributed by atoms with Crippen LogP contribution in [-0.4, -0.2) is 48.3 Å². The third-order valence-electron chi connectivity index (χ3n) is 3.78. The third kappa shape index (κ3) is 6.27. The zero-order valence-corrected chi connectivity index (χ0v) is 16.3. The lowest BCUT2D eigenvalue weighted by molar-refractivity contribution is 0.133. The molecule has 0 radical (unpaired) electrons. The fourth-order valence-electron chi connectivity index (χ4n) is 2.58. The van der Waals surface area contributed by atoms with Crippen LogP contribution in [0.4, 0.5) is 0 Å². The average molecular weight is 433 g/mol. The number of nitrogens with one attached hydrogen (secondary N) is 1. The first-order valence-corrected chi connectivity index (χ1v) is 8.10. The summed E-state index contributed by atoms with van der Waals surface area (Å²) in [4.78, 5) is 6.86. The van der Waals surface area contributed by atoms with Gasteiger partial charge in [0.25, 0.3) is 0 Å². The second-order valence-corrected chi connectivity index (χ2v) is 5.46. The Bertz CT molecular complexity index is 496. The molecule has 1 atom stereocenters. The molecule has 1 aromatic rings. The van der Waals surface area contributed by atoms with Crippen LogP contribution in [0.1, 0.15) is 31.4 Å². The standard InChI is InChI=1S/C17H27N3O2.HI/c1-3-18-17(20-10-9-16(21)12-20)19-11-14-7-5-6-8-15(14)13-22-4-2;/h5-8,16,21H,3-4,9-13H2,1-2H3,(H,18,19);1H/t16-;/m1./s1. The van der Waals surface area contributed by atoms with Gasteiger partial charge in [-0.1, -0.05) is 24.3 Å². The fraction of sp³-hybridized carbons (Fsp3) is 0.588. The summed E-state index contributed by atoms with van der Waals surface area (Å²) in [5, 5.41) is 13.0. The zero-order valence-electron chi connectivity index (χ0n) is 14.0. The monoisotopic (exact) mass is 433 g/mol. The molecule has 2 rings (SSSR count). The summed E-state index contributed by atoms with van der Waals surface area (Å²) >= 11 is 0. The Hall–Kier alpha value is -0.860. The highest BCUT2D eigenvalue weighted by Gasteiger charge is 2.22. The molecule has 130 valence electrons. The summed E-state index contributed by atoms with van der Waals surface area (Å²) in [6.07, 6.45) is 0.569. The number of aliphatic imine (C=N–C) groups is 1. The predicted octanol–water partition coefficient (Wildman–Crippen LogP) is 2.37. The summed E-state index contributed by atoms with van der Waals surface area (Å²) in [5.41, 5.74) is 2.37. The Kier molecular flexibility index (Phi) is 9.50. The van der Waals surface area contributed by atoms with E-state index in [0.29, 0.717) is 26.3 Å². The van der Waals surface area contributed by atoms with Crippen LogP contribution in [0, 0.1) is 0 Å². The lowest BCUT2D eigenvalue weighted by atomic mass is 10.1. The number of likely N-dealkylation sites (tertiary alicyclic amines) is 1. The molecule has 0 unspecified atom stereocenters. The number of rotatable bonds is 6. The van der Waals surface area contributed by atoms with Gasteiger partial charge < -0.3 is 20.1 Å². The van der Waals surface area contributed by atoms with Gasteiger partial charge in [0, 0.05) is 26.2 Å². The van der Waals surface area contributed by atoms with Gasteiger partial charge in [-0.2, -0.15) is 0 Å². The van der Waals surface area contributed by atoms with E-state index in [2.05, 4.69) is 29.3 Å². The van der Waals surface area contributed by atoms with Crippen molar-refractivity contribution in [3.8, 4) is 0 Å². The molecular formula is C17H28IN3O2. The van der Waals surface area contributed by atoms with Gasteiger partial charge in [-0.15, -0.1) is 24.0 Å². The molecule has 1 aromatic carbocycles. The Labute approximate surface area is 156 Å². The van der Waals surface area contributed by atoms with E-state index >= 15 is 0 Å². The Morgan fingerprint density at radius 1 is 1.35 bits per heavy atom. The number of ether oxygens (including phenoxy) is 1. The summed E-state index contributed by atoms with van der Waals surface area (Å²) in [5.74, 6) is 0.880. The highest BCUT2D eigenvalue weighted by Crippen LogP contribution is 2.13. The first-order valence-electron chi connectivity index (χ1n) is 8.10. The number of benzene rings is 1. The molecule has 0 spiro atoms. The van der Waals surface area contributed by atoms with Gasteiger partial charge in [-0.25, -0.2) is 4.99 Å². The largest absolute Gasteiger partial charge is 0.391 e. The molecule has 1 aliphatic heterocycles. The lowest BCUT2D eigenvalue weighted by Gasteiger charge is -2.21. The molecule has 6 heteroatoms. The number of halogens is 1. The van der Waals surface area contributed by atoms with E-state index in [4.69, 9.17) is 9.73 Å². The number of β-amino-alcohol motifs (C(OH)–C–C–N with tert-alkyl or cyclic N) is 1. The molecule has 0 bridgehead atoms. The maximum Gasteiger partial charge on any atom is 0.194 e. The Balaban J connectivity index is 0.00000264. The van der Waals surface area contributed by atoms with E-state index in [1.54, 1.807) is 0 Å². The normalized spacial score (nSPS) is 18.0. The molecule has 1 aliphatic rings. The second-order valence-electron chi connectivity index (χ2n) is 5.46. The molecule has 5 nitrogen and oxygen atoms in total.